The number of rotatable bonds is 7. The van der Waals surface area contributed by atoms with E-state index < -0.39 is 28.8 Å². The fourth-order valence-corrected chi connectivity index (χ4v) is 1.87. The van der Waals surface area contributed by atoms with Crippen LogP contribution in [0.4, 0.5) is 5.69 Å². The summed E-state index contributed by atoms with van der Waals surface area (Å²) in [6.07, 6.45) is 0. The van der Waals surface area contributed by atoms with E-state index in [4.69, 9.17) is 5.73 Å². The molecule has 0 radical (unpaired) electrons. The van der Waals surface area contributed by atoms with Crippen LogP contribution in [0.5, 0.6) is 0 Å². The Kier molecular flexibility index (Phi) is 6.65. The molecule has 8 heteroatoms. The van der Waals surface area contributed by atoms with Crippen LogP contribution in [0.2, 0.25) is 0 Å². The Morgan fingerprint density at radius 1 is 1.30 bits per heavy atom. The van der Waals surface area contributed by atoms with Crippen LogP contribution in [0.25, 0.3) is 0 Å². The maximum absolute atomic E-state index is 11.8. The van der Waals surface area contributed by atoms with Gasteiger partial charge in [-0.15, -0.1) is 0 Å². The average Bonchev–Trinajstić information content (AvgIpc) is 2.51. The summed E-state index contributed by atoms with van der Waals surface area (Å²) in [6.45, 7) is 5.14. The molecule has 1 unspecified atom stereocenters. The second kappa shape index (κ2) is 8.23. The summed E-state index contributed by atoms with van der Waals surface area (Å²) in [5, 5.41) is 15.9. The minimum Gasteiger partial charge on any atom is -0.348 e. The standard InChI is InChI=1S/C15H22N4O4/c1-9(2)14(16)15(21)17-8-13(20)18-10(3)11-5-4-6-12(7-11)19(22)23/h4-7,9-10,14H,8,16H2,1-3H3,(H,17,21)(H,18,20)/t10?,14-/m0/s1. The first-order valence-corrected chi connectivity index (χ1v) is 7.29. The summed E-state index contributed by atoms with van der Waals surface area (Å²) in [6, 6.07) is 4.93. The van der Waals surface area contributed by atoms with E-state index in [2.05, 4.69) is 10.6 Å². The monoisotopic (exact) mass is 322 g/mol. The van der Waals surface area contributed by atoms with E-state index in [0.717, 1.165) is 0 Å². The van der Waals surface area contributed by atoms with Crippen LogP contribution in [-0.4, -0.2) is 29.3 Å². The van der Waals surface area contributed by atoms with Gasteiger partial charge in [0.2, 0.25) is 11.8 Å². The van der Waals surface area contributed by atoms with E-state index in [0.29, 0.717) is 5.56 Å². The number of carbonyl (C=O) groups is 2. The number of amides is 2. The number of nitrogens with zero attached hydrogens (tertiary/aromatic N) is 1. The Morgan fingerprint density at radius 3 is 2.52 bits per heavy atom. The summed E-state index contributed by atoms with van der Waals surface area (Å²) in [5.74, 6) is -0.812. The van der Waals surface area contributed by atoms with Gasteiger partial charge >= 0.3 is 0 Å². The van der Waals surface area contributed by atoms with Crippen LogP contribution in [0, 0.1) is 16.0 Å². The van der Waals surface area contributed by atoms with E-state index in [9.17, 15) is 19.7 Å². The molecule has 0 aliphatic carbocycles. The van der Waals surface area contributed by atoms with Crippen LogP contribution < -0.4 is 16.4 Å². The Bertz CT molecular complexity index is 589. The third kappa shape index (κ3) is 5.67. The van der Waals surface area contributed by atoms with E-state index >= 15 is 0 Å². The molecule has 0 aliphatic rings. The maximum Gasteiger partial charge on any atom is 0.269 e. The van der Waals surface area contributed by atoms with Gasteiger partial charge in [-0.1, -0.05) is 26.0 Å². The highest BCUT2D eigenvalue weighted by atomic mass is 16.6. The summed E-state index contributed by atoms with van der Waals surface area (Å²) >= 11 is 0. The lowest BCUT2D eigenvalue weighted by molar-refractivity contribution is -0.384. The lowest BCUT2D eigenvalue weighted by atomic mass is 10.1. The predicted octanol–water partition coefficient (Wildman–Crippen LogP) is 0.872. The number of benzene rings is 1. The maximum atomic E-state index is 11.8. The smallest absolute Gasteiger partial charge is 0.269 e. The van der Waals surface area contributed by atoms with Gasteiger partial charge in [-0.3, -0.25) is 19.7 Å². The minimum absolute atomic E-state index is 0.0261. The number of nitro groups is 1. The Morgan fingerprint density at radius 2 is 1.96 bits per heavy atom. The zero-order valence-corrected chi connectivity index (χ0v) is 13.4. The third-order valence-electron chi connectivity index (χ3n) is 3.40. The molecule has 1 aromatic rings. The van der Waals surface area contributed by atoms with Crippen molar-refractivity contribution in [2.45, 2.75) is 32.9 Å². The van der Waals surface area contributed by atoms with Crippen molar-refractivity contribution < 1.29 is 14.5 Å². The number of nitro benzene ring substituents is 1. The quantitative estimate of drug-likeness (QED) is 0.507. The van der Waals surface area contributed by atoms with Crippen molar-refractivity contribution >= 4 is 17.5 Å². The molecule has 0 bridgehead atoms. The van der Waals surface area contributed by atoms with Gasteiger partial charge in [0, 0.05) is 12.1 Å². The van der Waals surface area contributed by atoms with Gasteiger partial charge in [0.15, 0.2) is 0 Å². The number of nitrogens with two attached hydrogens (primary N) is 1. The molecular formula is C15H22N4O4. The van der Waals surface area contributed by atoms with Crippen LogP contribution in [0.3, 0.4) is 0 Å². The van der Waals surface area contributed by atoms with Crippen LogP contribution in [0.1, 0.15) is 32.4 Å². The van der Waals surface area contributed by atoms with Gasteiger partial charge in [-0.25, -0.2) is 0 Å². The molecule has 126 valence electrons. The Labute approximate surface area is 134 Å². The second-order valence-corrected chi connectivity index (χ2v) is 5.63. The molecule has 4 N–H and O–H groups in total. The van der Waals surface area contributed by atoms with Crippen LogP contribution in [0.15, 0.2) is 24.3 Å². The molecule has 0 spiro atoms. The largest absolute Gasteiger partial charge is 0.348 e. The molecule has 1 aromatic carbocycles. The molecule has 1 rings (SSSR count). The molecule has 8 nitrogen and oxygen atoms in total. The molecule has 0 saturated carbocycles. The summed E-state index contributed by atoms with van der Waals surface area (Å²) in [7, 11) is 0. The highest BCUT2D eigenvalue weighted by Gasteiger charge is 2.18. The van der Waals surface area contributed by atoms with Crippen LogP contribution in [-0.2, 0) is 9.59 Å². The fourth-order valence-electron chi connectivity index (χ4n) is 1.87. The van der Waals surface area contributed by atoms with Gasteiger partial charge in [-0.05, 0) is 18.4 Å². The first kappa shape index (κ1) is 18.6. The van der Waals surface area contributed by atoms with Gasteiger partial charge in [0.05, 0.1) is 23.6 Å². The van der Waals surface area contributed by atoms with E-state index in [-0.39, 0.29) is 18.2 Å². The first-order chi connectivity index (χ1) is 10.7. The van der Waals surface area contributed by atoms with E-state index in [1.54, 1.807) is 19.1 Å². The first-order valence-electron chi connectivity index (χ1n) is 7.29. The molecule has 0 aromatic heterocycles. The molecule has 0 fully saturated rings. The predicted molar refractivity (Wildman–Crippen MR) is 85.5 cm³/mol. The molecule has 23 heavy (non-hydrogen) atoms. The van der Waals surface area contributed by atoms with Crippen molar-refractivity contribution in [1.82, 2.24) is 10.6 Å². The SMILES string of the molecule is CC(NC(=O)CNC(=O)[C@@H](N)C(C)C)c1cccc([N+](=O)[O-])c1. The van der Waals surface area contributed by atoms with Crippen LogP contribution >= 0.6 is 0 Å². The summed E-state index contributed by atoms with van der Waals surface area (Å²) in [4.78, 5) is 33.8. The number of nitrogens with one attached hydrogen (secondary N) is 2. The number of carbonyl (C=O) groups excluding carboxylic acids is 2. The number of non-ortho nitro benzene ring substituents is 1. The van der Waals surface area contributed by atoms with Crippen molar-refractivity contribution in [1.29, 1.82) is 0 Å². The number of hydrogen-bond donors (Lipinski definition) is 3. The van der Waals surface area contributed by atoms with Crippen molar-refractivity contribution in [3.8, 4) is 0 Å². The number of hydrogen-bond acceptors (Lipinski definition) is 5. The highest BCUT2D eigenvalue weighted by Crippen LogP contribution is 2.18. The lowest BCUT2D eigenvalue weighted by Gasteiger charge is -2.17. The van der Waals surface area contributed by atoms with Gasteiger partial charge in [0.1, 0.15) is 0 Å². The third-order valence-corrected chi connectivity index (χ3v) is 3.40. The molecule has 0 saturated heterocycles. The highest BCUT2D eigenvalue weighted by molar-refractivity contribution is 5.87. The van der Waals surface area contributed by atoms with E-state index in [1.165, 1.54) is 12.1 Å². The zero-order chi connectivity index (χ0) is 17.6. The average molecular weight is 322 g/mol. The lowest BCUT2D eigenvalue weighted by Crippen LogP contribution is -2.47. The fraction of sp³-hybridized carbons (Fsp3) is 0.467. The molecule has 2 atom stereocenters. The molecular weight excluding hydrogens is 300 g/mol. The summed E-state index contributed by atoms with van der Waals surface area (Å²) < 4.78 is 0. The minimum atomic E-state index is -0.669. The molecule has 0 heterocycles. The second-order valence-electron chi connectivity index (χ2n) is 5.63. The zero-order valence-electron chi connectivity index (χ0n) is 13.4. The van der Waals surface area contributed by atoms with Crippen molar-refractivity contribution in [3.63, 3.8) is 0 Å². The van der Waals surface area contributed by atoms with E-state index in [1.807, 2.05) is 13.8 Å². The molecule has 2 amide bonds. The van der Waals surface area contributed by atoms with Gasteiger partial charge < -0.3 is 16.4 Å². The van der Waals surface area contributed by atoms with Crippen molar-refractivity contribution in [2.24, 2.45) is 11.7 Å². The molecule has 0 aliphatic heterocycles. The summed E-state index contributed by atoms with van der Waals surface area (Å²) in [5.41, 5.74) is 6.24. The Balaban J connectivity index is 2.55. The van der Waals surface area contributed by atoms with Crippen molar-refractivity contribution in [2.75, 3.05) is 6.54 Å². The normalized spacial score (nSPS) is 13.3. The van der Waals surface area contributed by atoms with Gasteiger partial charge in [-0.2, -0.15) is 0 Å². The Hall–Kier alpha value is -2.48. The van der Waals surface area contributed by atoms with Crippen molar-refractivity contribution in [3.05, 3.63) is 39.9 Å². The topological polar surface area (TPSA) is 127 Å². The van der Waals surface area contributed by atoms with Gasteiger partial charge in [0.25, 0.3) is 5.69 Å².